The summed E-state index contributed by atoms with van der Waals surface area (Å²) >= 11 is 0. The van der Waals surface area contributed by atoms with E-state index in [9.17, 15) is 4.79 Å². The molecule has 1 heterocycles. The fourth-order valence-electron chi connectivity index (χ4n) is 4.02. The number of hydrogen-bond acceptors (Lipinski definition) is 2. The van der Waals surface area contributed by atoms with Crippen LogP contribution in [0.15, 0.2) is 66.7 Å². The Kier molecular flexibility index (Phi) is 5.25. The first-order chi connectivity index (χ1) is 14.4. The second kappa shape index (κ2) is 7.86. The van der Waals surface area contributed by atoms with E-state index in [4.69, 9.17) is 4.74 Å². The largest absolute Gasteiger partial charge is 0.483 e. The fourth-order valence-corrected chi connectivity index (χ4v) is 4.02. The molecule has 154 valence electrons. The molecule has 0 saturated heterocycles. The van der Waals surface area contributed by atoms with Crippen LogP contribution in [0.3, 0.4) is 0 Å². The van der Waals surface area contributed by atoms with Crippen LogP contribution in [-0.2, 0) is 16.8 Å². The van der Waals surface area contributed by atoms with Crippen LogP contribution in [0.25, 0.3) is 21.8 Å². The summed E-state index contributed by atoms with van der Waals surface area (Å²) in [5.74, 6) is 0.582. The van der Waals surface area contributed by atoms with Crippen LogP contribution >= 0.6 is 0 Å². The molecule has 4 heteroatoms. The van der Waals surface area contributed by atoms with E-state index in [1.165, 1.54) is 16.4 Å². The average Bonchev–Trinajstić information content (AvgIpc) is 3.05. The van der Waals surface area contributed by atoms with Gasteiger partial charge in [-0.15, -0.1) is 0 Å². The van der Waals surface area contributed by atoms with E-state index in [2.05, 4.69) is 61.8 Å². The minimum Gasteiger partial charge on any atom is -0.483 e. The summed E-state index contributed by atoms with van der Waals surface area (Å²) in [7, 11) is 0. The molecule has 1 amide bonds. The van der Waals surface area contributed by atoms with Gasteiger partial charge in [-0.25, -0.2) is 0 Å². The highest BCUT2D eigenvalue weighted by Crippen LogP contribution is 2.32. The van der Waals surface area contributed by atoms with Crippen LogP contribution in [-0.4, -0.2) is 17.1 Å². The number of amides is 1. The van der Waals surface area contributed by atoms with Crippen LogP contribution in [0.2, 0.25) is 0 Å². The number of carbonyl (C=O) groups excluding carboxylic acids is 1. The molecule has 0 bridgehead atoms. The Labute approximate surface area is 177 Å². The second-order valence-electron chi connectivity index (χ2n) is 8.58. The molecule has 0 fully saturated rings. The van der Waals surface area contributed by atoms with E-state index in [0.29, 0.717) is 0 Å². The summed E-state index contributed by atoms with van der Waals surface area (Å²) < 4.78 is 8.16. The van der Waals surface area contributed by atoms with Gasteiger partial charge in [0.2, 0.25) is 0 Å². The number of benzene rings is 3. The van der Waals surface area contributed by atoms with Crippen molar-refractivity contribution in [1.82, 2.24) is 4.57 Å². The van der Waals surface area contributed by atoms with Gasteiger partial charge >= 0.3 is 0 Å². The van der Waals surface area contributed by atoms with Gasteiger partial charge in [0.05, 0.1) is 0 Å². The third-order valence-corrected chi connectivity index (χ3v) is 5.43. The highest BCUT2D eigenvalue weighted by molar-refractivity contribution is 6.09. The van der Waals surface area contributed by atoms with Gasteiger partial charge in [-0.1, -0.05) is 57.2 Å². The molecule has 30 heavy (non-hydrogen) atoms. The van der Waals surface area contributed by atoms with Gasteiger partial charge in [0.15, 0.2) is 6.61 Å². The number of fused-ring (bicyclic) bond motifs is 3. The molecular weight excluding hydrogens is 372 g/mol. The molecule has 4 aromatic rings. The van der Waals surface area contributed by atoms with E-state index >= 15 is 0 Å². The lowest BCUT2D eigenvalue weighted by molar-refractivity contribution is -0.118. The molecule has 0 atom stereocenters. The predicted molar refractivity (Wildman–Crippen MR) is 124 cm³/mol. The molecule has 1 aromatic heterocycles. The monoisotopic (exact) mass is 400 g/mol. The van der Waals surface area contributed by atoms with E-state index in [-0.39, 0.29) is 17.9 Å². The minimum atomic E-state index is -0.169. The molecule has 0 saturated carbocycles. The third kappa shape index (κ3) is 3.78. The van der Waals surface area contributed by atoms with Crippen LogP contribution < -0.4 is 10.1 Å². The molecule has 0 radical (unpaired) electrons. The van der Waals surface area contributed by atoms with E-state index < -0.39 is 0 Å². The first-order valence-electron chi connectivity index (χ1n) is 10.4. The molecular formula is C26H28N2O2. The maximum atomic E-state index is 12.6. The van der Waals surface area contributed by atoms with Crippen molar-refractivity contribution in [1.29, 1.82) is 0 Å². The maximum absolute atomic E-state index is 12.6. The highest BCUT2D eigenvalue weighted by atomic mass is 16.5. The summed E-state index contributed by atoms with van der Waals surface area (Å²) in [6.07, 6.45) is 0. The van der Waals surface area contributed by atoms with Crippen molar-refractivity contribution in [2.24, 2.45) is 0 Å². The number of aromatic nitrogens is 1. The standard InChI is InChI=1S/C26H28N2O2/c1-5-28-22-12-8-6-10-19(22)20-16-18(14-15-23(20)28)27-25(29)17-30-24-13-9-7-11-21(24)26(2,3)4/h6-16H,5,17H2,1-4H3,(H,27,29). The van der Waals surface area contributed by atoms with Crippen LogP contribution in [0, 0.1) is 0 Å². The van der Waals surface area contributed by atoms with Gasteiger partial charge in [0.1, 0.15) is 5.75 Å². The molecule has 4 nitrogen and oxygen atoms in total. The lowest BCUT2D eigenvalue weighted by Gasteiger charge is -2.22. The quantitative estimate of drug-likeness (QED) is 0.438. The van der Waals surface area contributed by atoms with Crippen molar-refractivity contribution < 1.29 is 9.53 Å². The van der Waals surface area contributed by atoms with Crippen molar-refractivity contribution in [3.05, 3.63) is 72.3 Å². The lowest BCUT2D eigenvalue weighted by Crippen LogP contribution is -2.21. The Morgan fingerprint density at radius 3 is 2.40 bits per heavy atom. The summed E-state index contributed by atoms with van der Waals surface area (Å²) in [5.41, 5.74) is 4.20. The lowest BCUT2D eigenvalue weighted by atomic mass is 9.86. The molecule has 0 unspecified atom stereocenters. The number of carbonyl (C=O) groups is 1. The smallest absolute Gasteiger partial charge is 0.262 e. The van der Waals surface area contributed by atoms with Crippen molar-refractivity contribution in [2.45, 2.75) is 39.7 Å². The second-order valence-corrected chi connectivity index (χ2v) is 8.58. The maximum Gasteiger partial charge on any atom is 0.262 e. The topological polar surface area (TPSA) is 43.3 Å². The number of hydrogen-bond donors (Lipinski definition) is 1. The number of aryl methyl sites for hydroxylation is 1. The van der Waals surface area contributed by atoms with E-state index in [0.717, 1.165) is 28.9 Å². The molecule has 0 spiro atoms. The molecule has 0 aliphatic rings. The Morgan fingerprint density at radius 1 is 0.933 bits per heavy atom. The number of anilines is 1. The van der Waals surface area contributed by atoms with E-state index in [1.54, 1.807) is 0 Å². The van der Waals surface area contributed by atoms with Crippen LogP contribution in [0.5, 0.6) is 5.75 Å². The van der Waals surface area contributed by atoms with Gasteiger partial charge in [-0.05, 0) is 48.2 Å². The fraction of sp³-hybridized carbons (Fsp3) is 0.269. The first-order valence-corrected chi connectivity index (χ1v) is 10.4. The normalized spacial score (nSPS) is 11.7. The average molecular weight is 401 g/mol. The summed E-state index contributed by atoms with van der Waals surface area (Å²) in [6, 6.07) is 22.3. The van der Waals surface area contributed by atoms with Gasteiger partial charge < -0.3 is 14.6 Å². The van der Waals surface area contributed by atoms with Crippen LogP contribution in [0.4, 0.5) is 5.69 Å². The van der Waals surface area contributed by atoms with Crippen molar-refractivity contribution in [3.63, 3.8) is 0 Å². The van der Waals surface area contributed by atoms with Gasteiger partial charge in [0, 0.05) is 34.0 Å². The zero-order chi connectivity index (χ0) is 21.3. The molecule has 4 rings (SSSR count). The van der Waals surface area contributed by atoms with Gasteiger partial charge in [-0.3, -0.25) is 4.79 Å². The molecule has 0 aliphatic carbocycles. The Morgan fingerprint density at radius 2 is 1.63 bits per heavy atom. The van der Waals surface area contributed by atoms with Gasteiger partial charge in [0.25, 0.3) is 5.91 Å². The predicted octanol–water partition coefficient (Wildman–Crippen LogP) is 6.13. The Balaban J connectivity index is 1.54. The van der Waals surface area contributed by atoms with E-state index in [1.807, 2.05) is 42.5 Å². The zero-order valence-corrected chi connectivity index (χ0v) is 18.0. The third-order valence-electron chi connectivity index (χ3n) is 5.43. The van der Waals surface area contributed by atoms with Crippen molar-refractivity contribution in [2.75, 3.05) is 11.9 Å². The molecule has 3 aromatic carbocycles. The summed E-state index contributed by atoms with van der Waals surface area (Å²) in [5, 5.41) is 5.32. The number of para-hydroxylation sites is 2. The summed E-state index contributed by atoms with van der Waals surface area (Å²) in [4.78, 5) is 12.6. The molecule has 0 aliphatic heterocycles. The van der Waals surface area contributed by atoms with Crippen molar-refractivity contribution >= 4 is 33.4 Å². The van der Waals surface area contributed by atoms with Crippen molar-refractivity contribution in [3.8, 4) is 5.75 Å². The highest BCUT2D eigenvalue weighted by Gasteiger charge is 2.19. The Bertz CT molecular complexity index is 1210. The minimum absolute atomic E-state index is 0.0259. The number of nitrogens with zero attached hydrogens (tertiary/aromatic N) is 1. The van der Waals surface area contributed by atoms with Crippen LogP contribution in [0.1, 0.15) is 33.3 Å². The Hall–Kier alpha value is -3.27. The summed E-state index contributed by atoms with van der Waals surface area (Å²) in [6.45, 7) is 9.43. The number of nitrogens with one attached hydrogen (secondary N) is 1. The molecule has 1 N–H and O–H groups in total. The first kappa shape index (κ1) is 20.0. The SMILES string of the molecule is CCn1c2ccccc2c2cc(NC(=O)COc3ccccc3C(C)(C)C)ccc21. The zero-order valence-electron chi connectivity index (χ0n) is 18.0. The van der Waals surface area contributed by atoms with Gasteiger partial charge in [-0.2, -0.15) is 0 Å². The number of rotatable bonds is 5. The number of ether oxygens (including phenoxy) is 1.